The fourth-order valence-electron chi connectivity index (χ4n) is 2.27. The molecule has 126 valence electrons. The molecule has 0 aromatic heterocycles. The SMILES string of the molecule is COC(=O)/C=C/CCC(=O)C(=O)N1C(=O)OC[C@H]1c1ccccc1. The number of allylic oxidation sites excluding steroid dienone is 1. The summed E-state index contributed by atoms with van der Waals surface area (Å²) in [5.74, 6) is -2.16. The lowest BCUT2D eigenvalue weighted by molar-refractivity contribution is -0.143. The number of ether oxygens (including phenoxy) is 2. The van der Waals surface area contributed by atoms with Crippen molar-refractivity contribution in [2.45, 2.75) is 18.9 Å². The standard InChI is InChI=1S/C17H17NO6/c1-23-15(20)10-6-5-9-14(19)16(21)18-13(11-24-17(18)22)12-7-3-2-4-8-12/h2-4,6-8,10,13H,5,9,11H2,1H3/b10-6+/t13-/m0/s1. The van der Waals surface area contributed by atoms with Crippen LogP contribution in [0.2, 0.25) is 0 Å². The van der Waals surface area contributed by atoms with E-state index in [1.165, 1.54) is 19.3 Å². The number of hydrogen-bond acceptors (Lipinski definition) is 6. The number of carbonyl (C=O) groups excluding carboxylic acids is 4. The highest BCUT2D eigenvalue weighted by Gasteiger charge is 2.41. The number of carbonyl (C=O) groups is 4. The quantitative estimate of drug-likeness (QED) is 0.448. The molecule has 1 aliphatic heterocycles. The Morgan fingerprint density at radius 2 is 2.00 bits per heavy atom. The largest absolute Gasteiger partial charge is 0.466 e. The maximum absolute atomic E-state index is 12.3. The summed E-state index contributed by atoms with van der Waals surface area (Å²) in [6, 6.07) is 8.28. The van der Waals surface area contributed by atoms with Crippen LogP contribution in [0, 0.1) is 0 Å². The molecule has 0 N–H and O–H groups in total. The molecule has 0 bridgehead atoms. The molecule has 2 amide bonds. The molecular weight excluding hydrogens is 314 g/mol. The summed E-state index contributed by atoms with van der Waals surface area (Å²) in [6.45, 7) is 0.0180. The Hall–Kier alpha value is -2.96. The number of methoxy groups -OCH3 is 1. The molecule has 1 fully saturated rings. The molecule has 1 aromatic carbocycles. The van der Waals surface area contributed by atoms with Crippen LogP contribution in [-0.4, -0.2) is 42.4 Å². The van der Waals surface area contributed by atoms with Gasteiger partial charge in [0.05, 0.1) is 7.11 Å². The zero-order chi connectivity index (χ0) is 17.5. The number of amides is 2. The van der Waals surface area contributed by atoms with Crippen LogP contribution in [0.1, 0.15) is 24.4 Å². The topological polar surface area (TPSA) is 90.0 Å². The van der Waals surface area contributed by atoms with E-state index in [0.29, 0.717) is 0 Å². The van der Waals surface area contributed by atoms with Crippen molar-refractivity contribution in [3.8, 4) is 0 Å². The lowest BCUT2D eigenvalue weighted by Gasteiger charge is -2.18. The predicted molar refractivity (Wildman–Crippen MR) is 82.8 cm³/mol. The van der Waals surface area contributed by atoms with E-state index in [0.717, 1.165) is 10.5 Å². The maximum atomic E-state index is 12.3. The van der Waals surface area contributed by atoms with Crippen molar-refractivity contribution in [3.63, 3.8) is 0 Å². The van der Waals surface area contributed by atoms with Gasteiger partial charge in [0.15, 0.2) is 0 Å². The van der Waals surface area contributed by atoms with Gasteiger partial charge in [-0.2, -0.15) is 0 Å². The van der Waals surface area contributed by atoms with Gasteiger partial charge in [-0.25, -0.2) is 14.5 Å². The zero-order valence-corrected chi connectivity index (χ0v) is 13.1. The van der Waals surface area contributed by atoms with Crippen LogP contribution in [-0.2, 0) is 23.9 Å². The molecule has 1 aliphatic rings. The van der Waals surface area contributed by atoms with Gasteiger partial charge in [-0.15, -0.1) is 0 Å². The van der Waals surface area contributed by atoms with Crippen molar-refractivity contribution in [3.05, 3.63) is 48.0 Å². The minimum absolute atomic E-state index is 0.0180. The van der Waals surface area contributed by atoms with Crippen molar-refractivity contribution in [2.75, 3.05) is 13.7 Å². The van der Waals surface area contributed by atoms with E-state index < -0.39 is 29.8 Å². The molecule has 0 spiro atoms. The third kappa shape index (κ3) is 4.07. The molecule has 7 nitrogen and oxygen atoms in total. The van der Waals surface area contributed by atoms with E-state index in [1.807, 2.05) is 6.07 Å². The van der Waals surface area contributed by atoms with Crippen molar-refractivity contribution in [2.24, 2.45) is 0 Å². The normalized spacial score (nSPS) is 17.0. The number of imide groups is 1. The highest BCUT2D eigenvalue weighted by Crippen LogP contribution is 2.28. The number of ketones is 1. The molecule has 0 aliphatic carbocycles. The molecule has 24 heavy (non-hydrogen) atoms. The fourth-order valence-corrected chi connectivity index (χ4v) is 2.27. The summed E-state index contributed by atoms with van der Waals surface area (Å²) in [5.41, 5.74) is 0.718. The number of hydrogen-bond donors (Lipinski definition) is 0. The van der Waals surface area contributed by atoms with Crippen LogP contribution < -0.4 is 0 Å². The minimum Gasteiger partial charge on any atom is -0.466 e. The molecule has 1 saturated heterocycles. The Kier molecular flexibility index (Phi) is 5.83. The second-order valence-electron chi connectivity index (χ2n) is 5.07. The first-order chi connectivity index (χ1) is 11.5. The van der Waals surface area contributed by atoms with Crippen LogP contribution in [0.25, 0.3) is 0 Å². The number of Topliss-reactive ketones (excluding diaryl/α,β-unsaturated/α-hetero) is 1. The van der Waals surface area contributed by atoms with Gasteiger partial charge in [0.1, 0.15) is 12.6 Å². The van der Waals surface area contributed by atoms with E-state index in [1.54, 1.807) is 24.3 Å². The molecule has 1 heterocycles. The molecule has 0 radical (unpaired) electrons. The monoisotopic (exact) mass is 331 g/mol. The van der Waals surface area contributed by atoms with Gasteiger partial charge in [0, 0.05) is 12.5 Å². The molecular formula is C17H17NO6. The van der Waals surface area contributed by atoms with Crippen molar-refractivity contribution >= 4 is 23.8 Å². The van der Waals surface area contributed by atoms with Crippen molar-refractivity contribution < 1.29 is 28.7 Å². The summed E-state index contributed by atoms with van der Waals surface area (Å²) in [4.78, 5) is 47.9. The Bertz CT molecular complexity index is 667. The summed E-state index contributed by atoms with van der Waals surface area (Å²) >= 11 is 0. The Morgan fingerprint density at radius 1 is 1.29 bits per heavy atom. The van der Waals surface area contributed by atoms with Crippen LogP contribution in [0.5, 0.6) is 0 Å². The number of cyclic esters (lactones) is 1. The highest BCUT2D eigenvalue weighted by molar-refractivity contribution is 6.38. The molecule has 0 unspecified atom stereocenters. The van der Waals surface area contributed by atoms with Crippen LogP contribution in [0.15, 0.2) is 42.5 Å². The van der Waals surface area contributed by atoms with Crippen LogP contribution in [0.3, 0.4) is 0 Å². The minimum atomic E-state index is -0.905. The van der Waals surface area contributed by atoms with E-state index in [4.69, 9.17) is 4.74 Å². The maximum Gasteiger partial charge on any atom is 0.417 e. The predicted octanol–water partition coefficient (Wildman–Crippen LogP) is 1.78. The second kappa shape index (κ2) is 8.05. The molecule has 2 rings (SSSR count). The first kappa shape index (κ1) is 17.4. The summed E-state index contributed by atoms with van der Waals surface area (Å²) in [5, 5.41) is 0. The number of benzene rings is 1. The van der Waals surface area contributed by atoms with Gasteiger partial charge in [0.2, 0.25) is 5.78 Å². The van der Waals surface area contributed by atoms with Gasteiger partial charge in [-0.3, -0.25) is 9.59 Å². The Labute approximate surface area is 138 Å². The first-order valence-corrected chi connectivity index (χ1v) is 7.37. The van der Waals surface area contributed by atoms with Crippen molar-refractivity contribution in [1.82, 2.24) is 4.90 Å². The van der Waals surface area contributed by atoms with Gasteiger partial charge >= 0.3 is 12.1 Å². The smallest absolute Gasteiger partial charge is 0.417 e. The molecule has 1 aromatic rings. The first-order valence-electron chi connectivity index (χ1n) is 7.37. The highest BCUT2D eigenvalue weighted by atomic mass is 16.6. The fraction of sp³-hybridized carbons (Fsp3) is 0.294. The summed E-state index contributed by atoms with van der Waals surface area (Å²) in [7, 11) is 1.24. The summed E-state index contributed by atoms with van der Waals surface area (Å²) in [6.07, 6.45) is 1.87. The van der Waals surface area contributed by atoms with E-state index in [-0.39, 0.29) is 19.4 Å². The summed E-state index contributed by atoms with van der Waals surface area (Å²) < 4.78 is 9.33. The average Bonchev–Trinajstić information content (AvgIpc) is 2.99. The number of rotatable bonds is 6. The van der Waals surface area contributed by atoms with E-state index in [2.05, 4.69) is 4.74 Å². The average molecular weight is 331 g/mol. The van der Waals surface area contributed by atoms with Crippen LogP contribution in [0.4, 0.5) is 4.79 Å². The van der Waals surface area contributed by atoms with E-state index >= 15 is 0 Å². The lowest BCUT2D eigenvalue weighted by atomic mass is 10.1. The second-order valence-corrected chi connectivity index (χ2v) is 5.07. The molecule has 1 atom stereocenters. The van der Waals surface area contributed by atoms with Gasteiger partial charge in [0.25, 0.3) is 5.91 Å². The number of esters is 1. The Morgan fingerprint density at radius 3 is 2.67 bits per heavy atom. The zero-order valence-electron chi connectivity index (χ0n) is 13.1. The number of nitrogens with zero attached hydrogens (tertiary/aromatic N) is 1. The lowest BCUT2D eigenvalue weighted by Crippen LogP contribution is -2.38. The van der Waals surface area contributed by atoms with Crippen LogP contribution >= 0.6 is 0 Å². The van der Waals surface area contributed by atoms with Gasteiger partial charge in [-0.1, -0.05) is 36.4 Å². The third-order valence-corrected chi connectivity index (χ3v) is 3.51. The molecule has 0 saturated carbocycles. The Balaban J connectivity index is 2.01. The van der Waals surface area contributed by atoms with Crippen molar-refractivity contribution in [1.29, 1.82) is 0 Å². The third-order valence-electron chi connectivity index (χ3n) is 3.51. The van der Waals surface area contributed by atoms with Gasteiger partial charge < -0.3 is 9.47 Å². The van der Waals surface area contributed by atoms with Gasteiger partial charge in [-0.05, 0) is 12.0 Å². The molecule has 7 heteroatoms. The van der Waals surface area contributed by atoms with E-state index in [9.17, 15) is 19.2 Å².